The summed E-state index contributed by atoms with van der Waals surface area (Å²) in [6.07, 6.45) is -1.42. The van der Waals surface area contributed by atoms with E-state index in [4.69, 9.17) is 0 Å². The number of carbonyl (C=O) groups is 1. The Morgan fingerprint density at radius 1 is 1.31 bits per heavy atom. The summed E-state index contributed by atoms with van der Waals surface area (Å²) in [6.45, 7) is 4.38. The summed E-state index contributed by atoms with van der Waals surface area (Å²) < 4.78 is 41.5. The second-order valence-electron chi connectivity index (χ2n) is 6.99. The zero-order chi connectivity index (χ0) is 19.0. The van der Waals surface area contributed by atoms with E-state index in [1.165, 1.54) is 11.9 Å². The molecule has 1 aliphatic carbocycles. The summed E-state index contributed by atoms with van der Waals surface area (Å²) in [5.41, 5.74) is 0.631. The first kappa shape index (κ1) is 18.5. The molecular formula is C19H22F3N3O. The van der Waals surface area contributed by atoms with E-state index < -0.39 is 29.5 Å². The second kappa shape index (κ2) is 7.13. The lowest BCUT2D eigenvalue weighted by atomic mass is 9.97. The van der Waals surface area contributed by atoms with Crippen molar-refractivity contribution in [1.82, 2.24) is 14.7 Å². The van der Waals surface area contributed by atoms with Crippen LogP contribution in [0.25, 0.3) is 0 Å². The van der Waals surface area contributed by atoms with Gasteiger partial charge >= 0.3 is 0 Å². The molecule has 0 bridgehead atoms. The Kier molecular flexibility index (Phi) is 5.07. The lowest BCUT2D eigenvalue weighted by Gasteiger charge is -2.24. The Hall–Kier alpha value is -2.31. The zero-order valence-corrected chi connectivity index (χ0v) is 15.0. The first-order chi connectivity index (χ1) is 12.3. The average molecular weight is 365 g/mol. The number of alkyl halides is 2. The highest BCUT2D eigenvalue weighted by atomic mass is 19.3. The molecule has 26 heavy (non-hydrogen) atoms. The average Bonchev–Trinajstić information content (AvgIpc) is 3.38. The minimum atomic E-state index is -3.01. The van der Waals surface area contributed by atoms with Gasteiger partial charge in [0.15, 0.2) is 0 Å². The Morgan fingerprint density at radius 3 is 2.54 bits per heavy atom. The summed E-state index contributed by atoms with van der Waals surface area (Å²) in [6, 6.07) is 7.67. The van der Waals surface area contributed by atoms with Gasteiger partial charge in [-0.3, -0.25) is 4.79 Å². The van der Waals surface area contributed by atoms with Crippen LogP contribution in [-0.4, -0.2) is 26.6 Å². The van der Waals surface area contributed by atoms with Gasteiger partial charge in [0, 0.05) is 19.6 Å². The highest BCUT2D eigenvalue weighted by molar-refractivity contribution is 5.96. The number of rotatable bonds is 6. The van der Waals surface area contributed by atoms with Crippen molar-refractivity contribution in [3.63, 3.8) is 0 Å². The molecule has 1 aromatic carbocycles. The fourth-order valence-electron chi connectivity index (χ4n) is 3.20. The van der Waals surface area contributed by atoms with Crippen LogP contribution in [0.5, 0.6) is 0 Å². The summed E-state index contributed by atoms with van der Waals surface area (Å²) >= 11 is 0. The molecule has 1 heterocycles. The molecule has 2 aromatic rings. The van der Waals surface area contributed by atoms with Crippen molar-refractivity contribution in [2.45, 2.75) is 51.6 Å². The highest BCUT2D eigenvalue weighted by Gasteiger charge is 2.38. The molecule has 0 aliphatic heterocycles. The molecule has 1 fully saturated rings. The molecule has 140 valence electrons. The Balaban J connectivity index is 1.97. The van der Waals surface area contributed by atoms with Crippen LogP contribution in [0.15, 0.2) is 24.3 Å². The smallest absolute Gasteiger partial charge is 0.283 e. The quantitative estimate of drug-likeness (QED) is 0.760. The molecule has 1 aliphatic rings. The molecule has 1 saturated carbocycles. The predicted octanol–water partition coefficient (Wildman–Crippen LogP) is 4.43. The van der Waals surface area contributed by atoms with Crippen LogP contribution >= 0.6 is 0 Å². The molecule has 0 unspecified atom stereocenters. The van der Waals surface area contributed by atoms with E-state index in [9.17, 15) is 18.0 Å². The minimum absolute atomic E-state index is 0.0483. The van der Waals surface area contributed by atoms with Gasteiger partial charge in [-0.1, -0.05) is 38.1 Å². The summed E-state index contributed by atoms with van der Waals surface area (Å²) in [5.74, 6) is -1.48. The molecule has 4 nitrogen and oxygen atoms in total. The lowest BCUT2D eigenvalue weighted by molar-refractivity contribution is 0.0711. The van der Waals surface area contributed by atoms with Crippen LogP contribution in [0.3, 0.4) is 0 Å². The zero-order valence-electron chi connectivity index (χ0n) is 15.0. The van der Waals surface area contributed by atoms with Gasteiger partial charge in [-0.25, -0.2) is 13.5 Å². The third-order valence-electron chi connectivity index (χ3n) is 4.69. The largest absolute Gasteiger partial charge is 0.331 e. The molecule has 0 N–H and O–H groups in total. The number of hydrogen-bond acceptors (Lipinski definition) is 2. The number of aryl methyl sites for hydroxylation is 1. The number of benzene rings is 1. The topological polar surface area (TPSA) is 38.1 Å². The molecule has 0 atom stereocenters. The van der Waals surface area contributed by atoms with Gasteiger partial charge in [0.2, 0.25) is 5.95 Å². The van der Waals surface area contributed by atoms with Crippen molar-refractivity contribution >= 4 is 5.91 Å². The number of halogens is 3. The minimum Gasteiger partial charge on any atom is -0.331 e. The van der Waals surface area contributed by atoms with E-state index in [1.54, 1.807) is 0 Å². The van der Waals surface area contributed by atoms with Gasteiger partial charge in [0.25, 0.3) is 12.3 Å². The molecule has 1 amide bonds. The molecule has 0 radical (unpaired) electrons. The molecule has 0 saturated heterocycles. The molecule has 3 rings (SSSR count). The molecule has 0 spiro atoms. The summed E-state index contributed by atoms with van der Waals surface area (Å²) in [5, 5.41) is 3.49. The maximum Gasteiger partial charge on any atom is 0.283 e. The van der Waals surface area contributed by atoms with Crippen molar-refractivity contribution in [2.75, 3.05) is 0 Å². The fraction of sp³-hybridized carbons (Fsp3) is 0.474. The maximum absolute atomic E-state index is 14.3. The van der Waals surface area contributed by atoms with Crippen molar-refractivity contribution in [3.8, 4) is 0 Å². The monoisotopic (exact) mass is 365 g/mol. The fourth-order valence-corrected chi connectivity index (χ4v) is 3.20. The van der Waals surface area contributed by atoms with Crippen molar-refractivity contribution in [1.29, 1.82) is 0 Å². The van der Waals surface area contributed by atoms with E-state index in [-0.39, 0.29) is 18.5 Å². The van der Waals surface area contributed by atoms with E-state index in [0.29, 0.717) is 4.68 Å². The summed E-state index contributed by atoms with van der Waals surface area (Å²) in [7, 11) is 1.22. The normalized spacial score (nSPS) is 14.3. The Labute approximate surface area is 150 Å². The highest BCUT2D eigenvalue weighted by Crippen LogP contribution is 2.33. The van der Waals surface area contributed by atoms with E-state index in [0.717, 1.165) is 24.0 Å². The third kappa shape index (κ3) is 3.48. The number of amides is 1. The molecular weight excluding hydrogens is 343 g/mol. The van der Waals surface area contributed by atoms with Crippen LogP contribution in [0, 0.1) is 5.95 Å². The Morgan fingerprint density at radius 2 is 1.96 bits per heavy atom. The Bertz CT molecular complexity index is 812. The van der Waals surface area contributed by atoms with Crippen molar-refractivity contribution in [3.05, 3.63) is 52.6 Å². The van der Waals surface area contributed by atoms with Crippen molar-refractivity contribution < 1.29 is 18.0 Å². The van der Waals surface area contributed by atoms with Crippen LogP contribution in [-0.2, 0) is 13.6 Å². The van der Waals surface area contributed by atoms with E-state index in [1.807, 2.05) is 24.3 Å². The number of hydrogen-bond donors (Lipinski definition) is 0. The van der Waals surface area contributed by atoms with Gasteiger partial charge in [0.05, 0.1) is 0 Å². The number of aromatic nitrogens is 2. The van der Waals surface area contributed by atoms with Gasteiger partial charge < -0.3 is 4.90 Å². The molecule has 7 heteroatoms. The number of carbonyl (C=O) groups excluding carboxylic acids is 1. The van der Waals surface area contributed by atoms with Crippen LogP contribution in [0.4, 0.5) is 13.2 Å². The second-order valence-corrected chi connectivity index (χ2v) is 6.99. The van der Waals surface area contributed by atoms with Crippen LogP contribution in [0.1, 0.15) is 66.2 Å². The van der Waals surface area contributed by atoms with Gasteiger partial charge in [0.1, 0.15) is 11.3 Å². The van der Waals surface area contributed by atoms with Gasteiger partial charge in [-0.2, -0.15) is 9.49 Å². The standard InChI is InChI=1S/C19H22F3N3O/c1-11(2)14-7-5-4-6-12(14)10-25(13-8-9-13)19(26)15-16(17(20)21)23-24(3)18(15)22/h4-7,11,13,17H,8-10H2,1-3H3. The SMILES string of the molecule is CC(C)c1ccccc1CN(C(=O)c1c(C(F)F)nn(C)c1F)C1CC1. The first-order valence-electron chi connectivity index (χ1n) is 8.70. The maximum atomic E-state index is 14.3. The van der Waals surface area contributed by atoms with E-state index in [2.05, 4.69) is 18.9 Å². The summed E-state index contributed by atoms with van der Waals surface area (Å²) in [4.78, 5) is 14.5. The predicted molar refractivity (Wildman–Crippen MR) is 91.5 cm³/mol. The van der Waals surface area contributed by atoms with Crippen LogP contribution in [0.2, 0.25) is 0 Å². The van der Waals surface area contributed by atoms with E-state index >= 15 is 0 Å². The lowest BCUT2D eigenvalue weighted by Crippen LogP contribution is -2.34. The van der Waals surface area contributed by atoms with Gasteiger partial charge in [-0.05, 0) is 29.9 Å². The van der Waals surface area contributed by atoms with Crippen molar-refractivity contribution in [2.24, 2.45) is 7.05 Å². The molecule has 1 aromatic heterocycles. The number of nitrogens with zero attached hydrogens (tertiary/aromatic N) is 3. The van der Waals surface area contributed by atoms with Crippen LogP contribution < -0.4 is 0 Å². The third-order valence-corrected chi connectivity index (χ3v) is 4.69. The van der Waals surface area contributed by atoms with Gasteiger partial charge in [-0.15, -0.1) is 0 Å². The first-order valence-corrected chi connectivity index (χ1v) is 8.70.